The van der Waals surface area contributed by atoms with Gasteiger partial charge in [-0.15, -0.1) is 0 Å². The van der Waals surface area contributed by atoms with E-state index in [1.54, 1.807) is 30.7 Å². The zero-order valence-electron chi connectivity index (χ0n) is 15.0. The van der Waals surface area contributed by atoms with E-state index in [4.69, 9.17) is 4.74 Å². The van der Waals surface area contributed by atoms with Crippen LogP contribution < -0.4 is 10.6 Å². The summed E-state index contributed by atoms with van der Waals surface area (Å²) in [6.45, 7) is 3.36. The molecular weight excluding hydrogens is 346 g/mol. The van der Waals surface area contributed by atoms with E-state index >= 15 is 0 Å². The Labute approximate surface area is 158 Å². The molecule has 1 aliphatic rings. The van der Waals surface area contributed by atoms with Gasteiger partial charge in [-0.3, -0.25) is 24.5 Å². The van der Waals surface area contributed by atoms with Crippen LogP contribution >= 0.6 is 0 Å². The molecule has 0 aliphatic carbocycles. The summed E-state index contributed by atoms with van der Waals surface area (Å²) in [5.41, 5.74) is 1.69. The maximum atomic E-state index is 12.2. The molecule has 2 aromatic heterocycles. The molecule has 1 saturated heterocycles. The van der Waals surface area contributed by atoms with Crippen molar-refractivity contribution >= 4 is 11.8 Å². The summed E-state index contributed by atoms with van der Waals surface area (Å²) in [4.78, 5) is 34.7. The summed E-state index contributed by atoms with van der Waals surface area (Å²) in [7, 11) is 0. The molecule has 0 saturated carbocycles. The van der Waals surface area contributed by atoms with E-state index in [1.165, 1.54) is 0 Å². The normalized spacial score (nSPS) is 15.7. The summed E-state index contributed by atoms with van der Waals surface area (Å²) in [5.74, 6) is -1.33. The van der Waals surface area contributed by atoms with Crippen LogP contribution in [0.15, 0.2) is 48.9 Å². The predicted molar refractivity (Wildman–Crippen MR) is 98.5 cm³/mol. The minimum absolute atomic E-state index is 0.0601. The van der Waals surface area contributed by atoms with Crippen LogP contribution in [0.2, 0.25) is 0 Å². The molecule has 2 amide bonds. The van der Waals surface area contributed by atoms with Gasteiger partial charge >= 0.3 is 11.8 Å². The lowest BCUT2D eigenvalue weighted by Crippen LogP contribution is -2.46. The average Bonchev–Trinajstić information content (AvgIpc) is 2.74. The number of hydrogen-bond acceptors (Lipinski definition) is 6. The largest absolute Gasteiger partial charge is 0.379 e. The minimum Gasteiger partial charge on any atom is -0.379 e. The molecule has 1 aliphatic heterocycles. The molecule has 142 valence electrons. The number of hydrogen-bond donors (Lipinski definition) is 2. The number of carbonyl (C=O) groups excluding carboxylic acids is 2. The number of pyridine rings is 2. The van der Waals surface area contributed by atoms with Crippen molar-refractivity contribution in [2.45, 2.75) is 12.6 Å². The number of nitrogens with zero attached hydrogens (tertiary/aromatic N) is 3. The Kier molecular flexibility index (Phi) is 6.84. The molecule has 0 spiro atoms. The lowest BCUT2D eigenvalue weighted by Gasteiger charge is -2.34. The van der Waals surface area contributed by atoms with Gasteiger partial charge < -0.3 is 15.4 Å². The molecule has 0 radical (unpaired) electrons. The fraction of sp³-hybridized carbons (Fsp3) is 0.368. The Balaban J connectivity index is 1.55. The van der Waals surface area contributed by atoms with Crippen LogP contribution in [-0.2, 0) is 20.9 Å². The highest BCUT2D eigenvalue weighted by Crippen LogP contribution is 2.20. The van der Waals surface area contributed by atoms with Crippen molar-refractivity contribution in [2.24, 2.45) is 0 Å². The van der Waals surface area contributed by atoms with Gasteiger partial charge in [0.15, 0.2) is 0 Å². The van der Waals surface area contributed by atoms with Crippen LogP contribution in [0.5, 0.6) is 0 Å². The van der Waals surface area contributed by atoms with Gasteiger partial charge in [0.1, 0.15) is 0 Å². The van der Waals surface area contributed by atoms with Crippen LogP contribution in [0.3, 0.4) is 0 Å². The van der Waals surface area contributed by atoms with E-state index in [-0.39, 0.29) is 12.6 Å². The molecule has 1 atom stereocenters. The summed E-state index contributed by atoms with van der Waals surface area (Å²) in [5, 5.41) is 5.32. The third-order valence-electron chi connectivity index (χ3n) is 4.37. The Morgan fingerprint density at radius 3 is 2.59 bits per heavy atom. The molecule has 8 heteroatoms. The standard InChI is InChI=1S/C19H23N5O3/c25-18(22-13-16-5-1-2-7-21-16)19(26)23-14-17(15-4-3-6-20-12-15)24-8-10-27-11-9-24/h1-7,12,17H,8-11,13-14H2,(H,22,25)(H,23,26). The van der Waals surface area contributed by atoms with Crippen LogP contribution in [0.25, 0.3) is 0 Å². The quantitative estimate of drug-likeness (QED) is 0.710. The summed E-state index contributed by atoms with van der Waals surface area (Å²) >= 11 is 0. The third-order valence-corrected chi connectivity index (χ3v) is 4.37. The minimum atomic E-state index is -0.674. The first-order valence-electron chi connectivity index (χ1n) is 8.91. The first-order valence-corrected chi connectivity index (χ1v) is 8.91. The van der Waals surface area contributed by atoms with Gasteiger partial charge in [-0.25, -0.2) is 0 Å². The van der Waals surface area contributed by atoms with Gasteiger partial charge in [0.2, 0.25) is 0 Å². The van der Waals surface area contributed by atoms with Crippen LogP contribution in [0.1, 0.15) is 17.3 Å². The summed E-state index contributed by atoms with van der Waals surface area (Å²) in [6.07, 6.45) is 5.14. The van der Waals surface area contributed by atoms with Crippen molar-refractivity contribution in [3.05, 3.63) is 60.2 Å². The fourth-order valence-corrected chi connectivity index (χ4v) is 2.94. The second-order valence-corrected chi connectivity index (χ2v) is 6.16. The highest BCUT2D eigenvalue weighted by Gasteiger charge is 2.24. The second-order valence-electron chi connectivity index (χ2n) is 6.16. The van der Waals surface area contributed by atoms with E-state index in [1.807, 2.05) is 18.2 Å². The molecule has 0 aromatic carbocycles. The SMILES string of the molecule is O=C(NCc1ccccn1)C(=O)NCC(c1cccnc1)N1CCOCC1. The Hall–Kier alpha value is -2.84. The highest BCUT2D eigenvalue weighted by molar-refractivity contribution is 6.35. The average molecular weight is 369 g/mol. The molecule has 1 unspecified atom stereocenters. The fourth-order valence-electron chi connectivity index (χ4n) is 2.94. The number of ether oxygens (including phenoxy) is 1. The van der Waals surface area contributed by atoms with Crippen molar-refractivity contribution in [1.29, 1.82) is 0 Å². The molecule has 2 aromatic rings. The van der Waals surface area contributed by atoms with E-state index in [0.717, 1.165) is 18.7 Å². The Morgan fingerprint density at radius 1 is 1.07 bits per heavy atom. The van der Waals surface area contributed by atoms with Crippen LogP contribution in [0.4, 0.5) is 0 Å². The number of nitrogens with one attached hydrogen (secondary N) is 2. The number of aromatic nitrogens is 2. The Morgan fingerprint density at radius 2 is 1.89 bits per heavy atom. The molecule has 0 bridgehead atoms. The van der Waals surface area contributed by atoms with Crippen molar-refractivity contribution < 1.29 is 14.3 Å². The Bertz CT molecular complexity index is 736. The summed E-state index contributed by atoms with van der Waals surface area (Å²) < 4.78 is 5.41. The van der Waals surface area contributed by atoms with Crippen molar-refractivity contribution in [2.75, 3.05) is 32.8 Å². The van der Waals surface area contributed by atoms with Crippen molar-refractivity contribution in [3.8, 4) is 0 Å². The molecule has 8 nitrogen and oxygen atoms in total. The van der Waals surface area contributed by atoms with Crippen LogP contribution in [-0.4, -0.2) is 59.5 Å². The summed E-state index contributed by atoms with van der Waals surface area (Å²) in [6, 6.07) is 9.19. The first kappa shape index (κ1) is 18.9. The van der Waals surface area contributed by atoms with Gasteiger partial charge in [-0.1, -0.05) is 12.1 Å². The number of carbonyl (C=O) groups is 2. The van der Waals surface area contributed by atoms with Crippen molar-refractivity contribution in [3.63, 3.8) is 0 Å². The zero-order chi connectivity index (χ0) is 18.9. The highest BCUT2D eigenvalue weighted by atomic mass is 16.5. The van der Waals surface area contributed by atoms with Gasteiger partial charge in [0.05, 0.1) is 31.5 Å². The molecule has 3 rings (SSSR count). The third kappa shape index (κ3) is 5.57. The van der Waals surface area contributed by atoms with Gasteiger partial charge in [-0.2, -0.15) is 0 Å². The molecule has 27 heavy (non-hydrogen) atoms. The second kappa shape index (κ2) is 9.75. The van der Waals surface area contributed by atoms with E-state index in [9.17, 15) is 9.59 Å². The number of amides is 2. The first-order chi connectivity index (χ1) is 13.2. The smallest absolute Gasteiger partial charge is 0.309 e. The number of rotatable bonds is 6. The van der Waals surface area contributed by atoms with Crippen molar-refractivity contribution in [1.82, 2.24) is 25.5 Å². The monoisotopic (exact) mass is 369 g/mol. The maximum Gasteiger partial charge on any atom is 0.309 e. The van der Waals surface area contributed by atoms with Gasteiger partial charge in [0, 0.05) is 38.2 Å². The van der Waals surface area contributed by atoms with E-state index < -0.39 is 11.8 Å². The van der Waals surface area contributed by atoms with E-state index in [0.29, 0.717) is 25.5 Å². The molecule has 1 fully saturated rings. The maximum absolute atomic E-state index is 12.2. The molecule has 3 heterocycles. The lowest BCUT2D eigenvalue weighted by molar-refractivity contribution is -0.139. The predicted octanol–water partition coefficient (Wildman–Crippen LogP) is 0.283. The molecular formula is C19H23N5O3. The van der Waals surface area contributed by atoms with Gasteiger partial charge in [0.25, 0.3) is 0 Å². The van der Waals surface area contributed by atoms with E-state index in [2.05, 4.69) is 25.5 Å². The lowest BCUT2D eigenvalue weighted by atomic mass is 10.1. The number of morpholine rings is 1. The zero-order valence-corrected chi connectivity index (χ0v) is 15.0. The van der Waals surface area contributed by atoms with Gasteiger partial charge in [-0.05, 0) is 23.8 Å². The topological polar surface area (TPSA) is 96.5 Å². The molecule has 2 N–H and O–H groups in total. The van der Waals surface area contributed by atoms with Crippen LogP contribution in [0, 0.1) is 0 Å².